The average Bonchev–Trinajstić information content (AvgIpc) is 2.72. The summed E-state index contributed by atoms with van der Waals surface area (Å²) in [6, 6.07) is 2.94. The van der Waals surface area contributed by atoms with E-state index in [0.29, 0.717) is 29.9 Å². The van der Waals surface area contributed by atoms with Crippen LogP contribution < -0.4 is 16.4 Å². The lowest BCUT2D eigenvalue weighted by molar-refractivity contribution is -0.384. The minimum atomic E-state index is -0.501. The van der Waals surface area contributed by atoms with Crippen LogP contribution in [0.1, 0.15) is 18.4 Å². The summed E-state index contributed by atoms with van der Waals surface area (Å²) in [5, 5.41) is 16.6. The van der Waals surface area contributed by atoms with E-state index in [1.807, 2.05) is 0 Å². The fraction of sp³-hybridized carbons (Fsp3) is 0.333. The van der Waals surface area contributed by atoms with Crippen LogP contribution >= 0.6 is 0 Å². The van der Waals surface area contributed by atoms with Gasteiger partial charge in [0.1, 0.15) is 5.69 Å². The molecule has 0 radical (unpaired) electrons. The maximum absolute atomic E-state index is 11.3. The van der Waals surface area contributed by atoms with Crippen LogP contribution in [0.15, 0.2) is 12.1 Å². The number of nitrogens with two attached hydrogens (primary N) is 1. The van der Waals surface area contributed by atoms with E-state index < -0.39 is 10.8 Å². The highest BCUT2D eigenvalue weighted by molar-refractivity contribution is 6.00. The van der Waals surface area contributed by atoms with E-state index in [1.54, 1.807) is 6.07 Å². The number of nitro benzene ring substituents is 1. The first-order valence-electron chi connectivity index (χ1n) is 6.10. The predicted octanol–water partition coefficient (Wildman–Crippen LogP) is 0.767. The second kappa shape index (κ2) is 5.55. The van der Waals surface area contributed by atoms with Crippen LogP contribution in [-0.4, -0.2) is 23.3 Å². The summed E-state index contributed by atoms with van der Waals surface area (Å²) >= 11 is 0. The van der Waals surface area contributed by atoms with Crippen LogP contribution in [0.3, 0.4) is 0 Å². The SMILES string of the molecule is NC(=O)CCCNc1cc2c(cc1[N+](=O)[O-])CC(=O)N2. The van der Waals surface area contributed by atoms with E-state index >= 15 is 0 Å². The van der Waals surface area contributed by atoms with E-state index in [2.05, 4.69) is 10.6 Å². The highest BCUT2D eigenvalue weighted by Crippen LogP contribution is 2.34. The molecular formula is C12H14N4O4. The van der Waals surface area contributed by atoms with Crippen molar-refractivity contribution in [2.24, 2.45) is 5.73 Å². The first-order valence-corrected chi connectivity index (χ1v) is 6.10. The monoisotopic (exact) mass is 278 g/mol. The number of rotatable bonds is 6. The van der Waals surface area contributed by atoms with Crippen molar-refractivity contribution in [2.45, 2.75) is 19.3 Å². The number of nitro groups is 1. The van der Waals surface area contributed by atoms with Gasteiger partial charge < -0.3 is 16.4 Å². The fourth-order valence-corrected chi connectivity index (χ4v) is 2.04. The van der Waals surface area contributed by atoms with Gasteiger partial charge in [-0.25, -0.2) is 0 Å². The molecule has 1 aliphatic rings. The Morgan fingerprint density at radius 3 is 2.90 bits per heavy atom. The molecule has 8 nitrogen and oxygen atoms in total. The zero-order chi connectivity index (χ0) is 14.7. The number of anilines is 2. The number of hydrogen-bond donors (Lipinski definition) is 3. The molecule has 0 aliphatic carbocycles. The van der Waals surface area contributed by atoms with Crippen molar-refractivity contribution in [2.75, 3.05) is 17.2 Å². The minimum absolute atomic E-state index is 0.0840. The van der Waals surface area contributed by atoms with Gasteiger partial charge in [-0.2, -0.15) is 0 Å². The van der Waals surface area contributed by atoms with Crippen molar-refractivity contribution in [1.82, 2.24) is 0 Å². The van der Waals surface area contributed by atoms with Gasteiger partial charge in [-0.3, -0.25) is 19.7 Å². The van der Waals surface area contributed by atoms with Crippen molar-refractivity contribution in [1.29, 1.82) is 0 Å². The zero-order valence-corrected chi connectivity index (χ0v) is 10.6. The van der Waals surface area contributed by atoms with Crippen LogP contribution in [0.5, 0.6) is 0 Å². The number of benzene rings is 1. The molecule has 2 rings (SSSR count). The van der Waals surface area contributed by atoms with Crippen molar-refractivity contribution < 1.29 is 14.5 Å². The summed E-state index contributed by atoms with van der Waals surface area (Å²) in [6.07, 6.45) is 0.844. The van der Waals surface area contributed by atoms with E-state index in [0.717, 1.165) is 0 Å². The minimum Gasteiger partial charge on any atom is -0.379 e. The highest BCUT2D eigenvalue weighted by atomic mass is 16.6. The molecule has 8 heteroatoms. The molecule has 0 atom stereocenters. The summed E-state index contributed by atoms with van der Waals surface area (Å²) in [5.74, 6) is -0.595. The maximum atomic E-state index is 11.3. The molecule has 0 fully saturated rings. The molecule has 106 valence electrons. The molecule has 20 heavy (non-hydrogen) atoms. The first-order chi connectivity index (χ1) is 9.47. The summed E-state index contributed by atoms with van der Waals surface area (Å²) in [6.45, 7) is 0.385. The van der Waals surface area contributed by atoms with Crippen molar-refractivity contribution >= 4 is 28.9 Å². The smallest absolute Gasteiger partial charge is 0.292 e. The molecule has 0 bridgehead atoms. The number of primary amides is 1. The molecular weight excluding hydrogens is 264 g/mol. The Bertz CT molecular complexity index is 585. The number of nitrogens with one attached hydrogen (secondary N) is 2. The number of fused-ring (bicyclic) bond motifs is 1. The normalized spacial score (nSPS) is 12.7. The van der Waals surface area contributed by atoms with E-state index in [9.17, 15) is 19.7 Å². The Hall–Kier alpha value is -2.64. The van der Waals surface area contributed by atoms with Crippen molar-refractivity contribution in [3.8, 4) is 0 Å². The molecule has 1 aromatic rings. The highest BCUT2D eigenvalue weighted by Gasteiger charge is 2.24. The molecule has 0 saturated carbocycles. The van der Waals surface area contributed by atoms with E-state index in [1.165, 1.54) is 6.07 Å². The van der Waals surface area contributed by atoms with Crippen LogP contribution in [0.2, 0.25) is 0 Å². The van der Waals surface area contributed by atoms with Gasteiger partial charge in [0.2, 0.25) is 11.8 Å². The third-order valence-electron chi connectivity index (χ3n) is 2.96. The molecule has 1 heterocycles. The van der Waals surface area contributed by atoms with Crippen LogP contribution in [0.4, 0.5) is 17.1 Å². The van der Waals surface area contributed by atoms with Gasteiger partial charge in [0, 0.05) is 24.7 Å². The Balaban J connectivity index is 2.14. The number of nitrogens with zero attached hydrogens (tertiary/aromatic N) is 1. The lowest BCUT2D eigenvalue weighted by Crippen LogP contribution is -2.13. The van der Waals surface area contributed by atoms with Crippen molar-refractivity contribution in [3.05, 3.63) is 27.8 Å². The molecule has 0 unspecified atom stereocenters. The summed E-state index contributed by atoms with van der Waals surface area (Å²) in [7, 11) is 0. The summed E-state index contributed by atoms with van der Waals surface area (Å²) in [4.78, 5) is 32.4. The quantitative estimate of drug-likeness (QED) is 0.402. The number of hydrogen-bond acceptors (Lipinski definition) is 5. The predicted molar refractivity (Wildman–Crippen MR) is 72.3 cm³/mol. The molecule has 0 spiro atoms. The first kappa shape index (κ1) is 13.8. The van der Waals surface area contributed by atoms with E-state index in [4.69, 9.17) is 5.73 Å². The molecule has 0 aromatic heterocycles. The topological polar surface area (TPSA) is 127 Å². The standard InChI is InChI=1S/C12H14N4O4/c13-11(17)2-1-3-14-9-6-8-7(5-12(18)15-8)4-10(9)16(19)20/h4,6,14H,1-3,5H2,(H2,13,17)(H,15,18). The third kappa shape index (κ3) is 3.02. The van der Waals surface area contributed by atoms with Gasteiger partial charge in [0.25, 0.3) is 5.69 Å². The summed E-state index contributed by atoms with van der Waals surface area (Å²) in [5.41, 5.74) is 6.45. The lowest BCUT2D eigenvalue weighted by Gasteiger charge is -2.08. The van der Waals surface area contributed by atoms with Crippen LogP contribution in [-0.2, 0) is 16.0 Å². The van der Waals surface area contributed by atoms with Gasteiger partial charge >= 0.3 is 0 Å². The summed E-state index contributed by atoms with van der Waals surface area (Å²) < 4.78 is 0. The number of carbonyl (C=O) groups is 2. The van der Waals surface area contributed by atoms with Gasteiger partial charge in [-0.05, 0) is 18.1 Å². The van der Waals surface area contributed by atoms with Crippen LogP contribution in [0, 0.1) is 10.1 Å². The Kier molecular flexibility index (Phi) is 3.83. The number of amides is 2. The Labute approximate surface area is 114 Å². The second-order valence-corrected chi connectivity index (χ2v) is 4.51. The Morgan fingerprint density at radius 1 is 1.50 bits per heavy atom. The lowest BCUT2D eigenvalue weighted by atomic mass is 10.1. The van der Waals surface area contributed by atoms with Gasteiger partial charge in [0.05, 0.1) is 11.3 Å². The Morgan fingerprint density at radius 2 is 2.25 bits per heavy atom. The molecule has 1 aromatic carbocycles. The number of carbonyl (C=O) groups excluding carboxylic acids is 2. The van der Waals surface area contributed by atoms with Gasteiger partial charge in [-0.1, -0.05) is 0 Å². The van der Waals surface area contributed by atoms with Gasteiger partial charge in [0.15, 0.2) is 0 Å². The fourth-order valence-electron chi connectivity index (χ4n) is 2.04. The zero-order valence-electron chi connectivity index (χ0n) is 10.6. The average molecular weight is 278 g/mol. The largest absolute Gasteiger partial charge is 0.379 e. The van der Waals surface area contributed by atoms with Crippen LogP contribution in [0.25, 0.3) is 0 Å². The maximum Gasteiger partial charge on any atom is 0.292 e. The second-order valence-electron chi connectivity index (χ2n) is 4.51. The van der Waals surface area contributed by atoms with Gasteiger partial charge in [-0.15, -0.1) is 0 Å². The third-order valence-corrected chi connectivity index (χ3v) is 2.96. The molecule has 2 amide bonds. The molecule has 0 saturated heterocycles. The molecule has 1 aliphatic heterocycles. The van der Waals surface area contributed by atoms with Crippen molar-refractivity contribution in [3.63, 3.8) is 0 Å². The molecule has 4 N–H and O–H groups in total. The van der Waals surface area contributed by atoms with E-state index in [-0.39, 0.29) is 24.4 Å².